The van der Waals surface area contributed by atoms with Gasteiger partial charge in [-0.25, -0.2) is 0 Å². The van der Waals surface area contributed by atoms with Crippen molar-refractivity contribution in [1.82, 2.24) is 5.32 Å². The van der Waals surface area contributed by atoms with Crippen LogP contribution in [0, 0.1) is 0 Å². The summed E-state index contributed by atoms with van der Waals surface area (Å²) in [6.45, 7) is 1.04. The topological polar surface area (TPSA) is 249 Å². The molecule has 317 valence electrons. The van der Waals surface area contributed by atoms with Crippen molar-refractivity contribution in [2.24, 2.45) is 5.73 Å². The van der Waals surface area contributed by atoms with Crippen molar-refractivity contribution in [2.45, 2.75) is 99.4 Å². The summed E-state index contributed by atoms with van der Waals surface area (Å²) in [5.41, 5.74) is 8.54. The SMILES string of the molecule is COc1ccc2cc(COCC3OC(OC4C(CO)OC(Oc5ccc(C[C@@H]([C]=O)NC(=O)[C@@H](N)C(C)c6ccccc6)cc5)C(O)C4O)C(O)C(O)C3O)ccc2c1. The van der Waals surface area contributed by atoms with Gasteiger partial charge in [-0.2, -0.15) is 0 Å². The number of nitrogens with one attached hydrogen (secondary N) is 1. The molecule has 0 spiro atoms. The predicted octanol–water partition coefficient (Wildman–Crippen LogP) is 0.344. The van der Waals surface area contributed by atoms with Crippen LogP contribution in [0.3, 0.4) is 0 Å². The van der Waals surface area contributed by atoms with Crippen LogP contribution in [0.2, 0.25) is 0 Å². The molecule has 1 amide bonds. The highest BCUT2D eigenvalue weighted by molar-refractivity contribution is 5.85. The fourth-order valence-corrected chi connectivity index (χ4v) is 7.08. The van der Waals surface area contributed by atoms with Crippen LogP contribution in [0.5, 0.6) is 11.5 Å². The van der Waals surface area contributed by atoms with Crippen LogP contribution in [0.1, 0.15) is 29.5 Å². The molecule has 16 nitrogen and oxygen atoms in total. The maximum Gasteiger partial charge on any atom is 0.238 e. The summed E-state index contributed by atoms with van der Waals surface area (Å²) in [6, 6.07) is 25.1. The summed E-state index contributed by atoms with van der Waals surface area (Å²) in [7, 11) is 1.59. The van der Waals surface area contributed by atoms with Crippen LogP contribution in [0.4, 0.5) is 0 Å². The number of benzene rings is 4. The number of amides is 1. The molecule has 0 aliphatic carbocycles. The van der Waals surface area contributed by atoms with E-state index in [1.54, 1.807) is 19.2 Å². The number of methoxy groups -OCH3 is 1. The Kier molecular flexibility index (Phi) is 15.0. The Hall–Kier alpha value is -4.56. The van der Waals surface area contributed by atoms with Crippen molar-refractivity contribution < 1.29 is 68.6 Å². The van der Waals surface area contributed by atoms with Crippen molar-refractivity contribution in [3.05, 3.63) is 108 Å². The molecular weight excluding hydrogens is 768 g/mol. The second kappa shape index (κ2) is 20.1. The molecule has 2 aliphatic rings. The van der Waals surface area contributed by atoms with E-state index in [9.17, 15) is 40.2 Å². The molecule has 0 aromatic heterocycles. The number of aliphatic hydroxyl groups is 6. The average Bonchev–Trinajstić information content (AvgIpc) is 3.26. The first-order valence-corrected chi connectivity index (χ1v) is 19.3. The molecular formula is C43H51N2O14. The molecule has 9 N–H and O–H groups in total. The fraction of sp³-hybridized carbons (Fsp3) is 0.442. The highest BCUT2D eigenvalue weighted by Gasteiger charge is 2.51. The van der Waals surface area contributed by atoms with E-state index in [1.165, 1.54) is 12.1 Å². The highest BCUT2D eigenvalue weighted by atomic mass is 16.7. The maximum atomic E-state index is 12.9. The minimum absolute atomic E-state index is 0.101. The number of carbonyl (C=O) groups excluding carboxylic acids is 2. The first-order chi connectivity index (χ1) is 28.4. The Morgan fingerprint density at radius 3 is 2.14 bits per heavy atom. The molecule has 4 aromatic carbocycles. The lowest BCUT2D eigenvalue weighted by molar-refractivity contribution is -0.353. The molecule has 4 aromatic rings. The number of hydrogen-bond donors (Lipinski definition) is 8. The first kappa shape index (κ1) is 44.0. The van der Waals surface area contributed by atoms with Gasteiger partial charge in [0.05, 0.1) is 39.0 Å². The van der Waals surface area contributed by atoms with Gasteiger partial charge in [0.2, 0.25) is 18.5 Å². The molecule has 13 atom stereocenters. The van der Waals surface area contributed by atoms with Crippen molar-refractivity contribution in [3.63, 3.8) is 0 Å². The number of nitrogens with two attached hydrogens (primary N) is 1. The van der Waals surface area contributed by atoms with Crippen LogP contribution >= 0.6 is 0 Å². The minimum atomic E-state index is -1.78. The van der Waals surface area contributed by atoms with Crippen LogP contribution < -0.4 is 20.5 Å². The quantitative estimate of drug-likeness (QED) is 0.0716. The smallest absolute Gasteiger partial charge is 0.238 e. The van der Waals surface area contributed by atoms with Crippen LogP contribution in [0.25, 0.3) is 10.8 Å². The van der Waals surface area contributed by atoms with Gasteiger partial charge >= 0.3 is 0 Å². The molecule has 11 unspecified atom stereocenters. The second-order valence-corrected chi connectivity index (χ2v) is 14.8. The summed E-state index contributed by atoms with van der Waals surface area (Å²) in [5.74, 6) is 0.131. The average molecular weight is 820 g/mol. The molecule has 59 heavy (non-hydrogen) atoms. The molecule has 1 radical (unpaired) electrons. The predicted molar refractivity (Wildman–Crippen MR) is 211 cm³/mol. The molecule has 2 heterocycles. The number of carbonyl (C=O) groups is 1. The van der Waals surface area contributed by atoms with E-state index < -0.39 is 86.0 Å². The van der Waals surface area contributed by atoms with E-state index in [1.807, 2.05) is 79.9 Å². The third-order valence-electron chi connectivity index (χ3n) is 10.7. The third kappa shape index (κ3) is 10.6. The lowest BCUT2D eigenvalue weighted by Gasteiger charge is -2.46. The maximum absolute atomic E-state index is 12.9. The summed E-state index contributed by atoms with van der Waals surface area (Å²) >= 11 is 0. The number of rotatable bonds is 17. The second-order valence-electron chi connectivity index (χ2n) is 14.8. The number of aliphatic hydroxyl groups excluding tert-OH is 6. The molecule has 0 bridgehead atoms. The van der Waals surface area contributed by atoms with E-state index in [-0.39, 0.29) is 31.3 Å². The van der Waals surface area contributed by atoms with Gasteiger partial charge in [0, 0.05) is 12.3 Å². The van der Waals surface area contributed by atoms with E-state index in [2.05, 4.69) is 5.32 Å². The lowest BCUT2D eigenvalue weighted by atomic mass is 9.93. The van der Waals surface area contributed by atoms with Gasteiger partial charge < -0.3 is 70.1 Å². The Morgan fingerprint density at radius 2 is 1.44 bits per heavy atom. The molecule has 2 fully saturated rings. The monoisotopic (exact) mass is 819 g/mol. The molecule has 2 aliphatic heterocycles. The fourth-order valence-electron chi connectivity index (χ4n) is 7.08. The molecule has 2 saturated heterocycles. The van der Waals surface area contributed by atoms with E-state index in [0.29, 0.717) is 5.56 Å². The number of ether oxygens (including phenoxy) is 6. The van der Waals surface area contributed by atoms with Gasteiger partial charge in [0.15, 0.2) is 6.29 Å². The summed E-state index contributed by atoms with van der Waals surface area (Å²) in [6.07, 6.45) is -13.7. The summed E-state index contributed by atoms with van der Waals surface area (Å²) in [4.78, 5) is 24.6. The van der Waals surface area contributed by atoms with Crippen LogP contribution in [-0.4, -0.2) is 137 Å². The zero-order valence-electron chi connectivity index (χ0n) is 32.5. The largest absolute Gasteiger partial charge is 0.497 e. The Morgan fingerprint density at radius 1 is 0.797 bits per heavy atom. The van der Waals surface area contributed by atoms with Gasteiger partial charge in [-0.1, -0.05) is 67.6 Å². The van der Waals surface area contributed by atoms with Crippen molar-refractivity contribution in [2.75, 3.05) is 20.3 Å². The Labute approximate surface area is 341 Å². The summed E-state index contributed by atoms with van der Waals surface area (Å²) < 4.78 is 34.3. The van der Waals surface area contributed by atoms with Gasteiger partial charge in [0.25, 0.3) is 0 Å². The normalized spacial score (nSPS) is 28.6. The van der Waals surface area contributed by atoms with Crippen molar-refractivity contribution >= 4 is 23.0 Å². The van der Waals surface area contributed by atoms with Gasteiger partial charge in [-0.3, -0.25) is 9.59 Å². The minimum Gasteiger partial charge on any atom is -0.497 e. The lowest BCUT2D eigenvalue weighted by Crippen LogP contribution is -2.65. The van der Waals surface area contributed by atoms with Crippen molar-refractivity contribution in [3.8, 4) is 11.5 Å². The highest BCUT2D eigenvalue weighted by Crippen LogP contribution is 2.31. The third-order valence-corrected chi connectivity index (χ3v) is 10.7. The summed E-state index contributed by atoms with van der Waals surface area (Å²) in [5, 5.41) is 69.0. The van der Waals surface area contributed by atoms with Crippen LogP contribution in [0.15, 0.2) is 91.0 Å². The van der Waals surface area contributed by atoms with Gasteiger partial charge in [-0.05, 0) is 57.8 Å². The Bertz CT molecular complexity index is 1970. The molecule has 6 rings (SSSR count). The van der Waals surface area contributed by atoms with E-state index in [4.69, 9.17) is 34.2 Å². The van der Waals surface area contributed by atoms with Crippen LogP contribution in [-0.2, 0) is 41.6 Å². The van der Waals surface area contributed by atoms with Crippen molar-refractivity contribution in [1.29, 1.82) is 0 Å². The number of fused-ring (bicyclic) bond motifs is 1. The van der Waals surface area contributed by atoms with E-state index in [0.717, 1.165) is 27.6 Å². The van der Waals surface area contributed by atoms with E-state index >= 15 is 0 Å². The van der Waals surface area contributed by atoms with Gasteiger partial charge in [0.1, 0.15) is 60.3 Å². The number of hydrogen-bond acceptors (Lipinski definition) is 15. The zero-order valence-corrected chi connectivity index (χ0v) is 32.5. The molecule has 0 saturated carbocycles. The van der Waals surface area contributed by atoms with Gasteiger partial charge in [-0.15, -0.1) is 0 Å². The standard InChI is InChI=1S/C43H51N2O14/c1-23(26-6-4-3-5-7-26)34(44)41(53)45-29(19-46)17-24-9-13-30(14-10-24)56-42-39(52)37(50)40(32(20-47)57-42)59-43-38(51)36(49)35(48)33(58-43)22-55-21-25-8-11-28-18-31(54-2)15-12-27(28)16-25/h3-16,18,23,29,32-40,42-43,47-52H,17,20-22,44H2,1-2H3,(H,45,53)/t23?,29-,32?,33?,34-,35?,36?,37?,38?,39?,40?,42?,43?/m0/s1. The first-order valence-electron chi connectivity index (χ1n) is 19.3. The molecule has 16 heteroatoms. The zero-order chi connectivity index (χ0) is 42.2. The Balaban J connectivity index is 1.01.